The second-order valence-electron chi connectivity index (χ2n) is 7.05. The van der Waals surface area contributed by atoms with E-state index in [1.165, 1.54) is 77.0 Å². The van der Waals surface area contributed by atoms with E-state index in [9.17, 15) is 5.11 Å². The largest absolute Gasteiger partial charge is 0.392 e. The Hall–Kier alpha value is 0.210. The topological polar surface area (TPSA) is 46.2 Å². The van der Waals surface area contributed by atoms with Crippen LogP contribution in [-0.4, -0.2) is 17.3 Å². The minimum absolute atomic E-state index is 0. The van der Waals surface area contributed by atoms with Crippen LogP contribution in [0.5, 0.6) is 0 Å². The molecule has 3 heteroatoms. The molecule has 0 amide bonds. The van der Waals surface area contributed by atoms with Crippen LogP contribution in [0, 0.1) is 0 Å². The fraction of sp³-hybridized carbons (Fsp3) is 1.00. The molecule has 0 fully saturated rings. The molecule has 0 radical (unpaired) electrons. The van der Waals surface area contributed by atoms with Crippen LogP contribution in [0.3, 0.4) is 0 Å². The number of rotatable bonds is 17. The van der Waals surface area contributed by atoms with Crippen LogP contribution in [0.4, 0.5) is 0 Å². The van der Waals surface area contributed by atoms with E-state index in [-0.39, 0.29) is 24.6 Å². The Balaban J connectivity index is 0. The molecule has 3 N–H and O–H groups in total. The maximum atomic E-state index is 9.90. The summed E-state index contributed by atoms with van der Waals surface area (Å²) >= 11 is 0. The van der Waals surface area contributed by atoms with Gasteiger partial charge in [-0.1, -0.05) is 104 Å². The van der Waals surface area contributed by atoms with Crippen molar-refractivity contribution in [3.05, 3.63) is 0 Å². The van der Waals surface area contributed by atoms with E-state index >= 15 is 0 Å². The van der Waals surface area contributed by atoms with Crippen molar-refractivity contribution in [3.63, 3.8) is 0 Å². The zero-order valence-corrected chi connectivity index (χ0v) is 16.7. The second kappa shape index (κ2) is 20.3. The molecule has 0 bridgehead atoms. The van der Waals surface area contributed by atoms with E-state index in [1.807, 2.05) is 0 Å². The van der Waals surface area contributed by atoms with Crippen LogP contribution in [0.1, 0.15) is 117 Å². The molecule has 0 aliphatic heterocycles. The van der Waals surface area contributed by atoms with Crippen molar-refractivity contribution in [1.82, 2.24) is 0 Å². The minimum Gasteiger partial charge on any atom is -0.392 e. The minimum atomic E-state index is -0.285. The summed E-state index contributed by atoms with van der Waals surface area (Å²) in [4.78, 5) is 0. The Kier molecular flexibility index (Phi) is 22.4. The molecule has 2 nitrogen and oxygen atoms in total. The third-order valence-electron chi connectivity index (χ3n) is 4.72. The van der Waals surface area contributed by atoms with Gasteiger partial charge in [-0.2, -0.15) is 0 Å². The Labute approximate surface area is 152 Å². The van der Waals surface area contributed by atoms with E-state index in [1.54, 1.807) is 0 Å². The lowest BCUT2D eigenvalue weighted by atomic mass is 10.00. The van der Waals surface area contributed by atoms with Crippen molar-refractivity contribution in [2.45, 2.75) is 129 Å². The third kappa shape index (κ3) is 18.4. The third-order valence-corrected chi connectivity index (χ3v) is 4.72. The average molecular weight is 350 g/mol. The maximum Gasteiger partial charge on any atom is 0.0691 e. The van der Waals surface area contributed by atoms with Crippen LogP contribution in [0.25, 0.3) is 0 Å². The van der Waals surface area contributed by atoms with Crippen molar-refractivity contribution in [2.75, 3.05) is 0 Å². The van der Waals surface area contributed by atoms with Crippen molar-refractivity contribution in [2.24, 2.45) is 5.73 Å². The summed E-state index contributed by atoms with van der Waals surface area (Å²) < 4.78 is 0. The van der Waals surface area contributed by atoms with Gasteiger partial charge in [0.05, 0.1) is 6.10 Å². The SMILES string of the molecule is CCCCCCCCCCCCCCCC(O)C(N)CCC.Cl. The Bertz CT molecular complexity index is 214. The van der Waals surface area contributed by atoms with Gasteiger partial charge in [0.25, 0.3) is 0 Å². The summed E-state index contributed by atoms with van der Waals surface area (Å²) in [6, 6.07) is -0.0117. The second-order valence-corrected chi connectivity index (χ2v) is 7.05. The van der Waals surface area contributed by atoms with Gasteiger partial charge in [-0.3, -0.25) is 0 Å². The van der Waals surface area contributed by atoms with Gasteiger partial charge in [-0.15, -0.1) is 12.4 Å². The highest BCUT2D eigenvalue weighted by Crippen LogP contribution is 2.14. The lowest BCUT2D eigenvalue weighted by Crippen LogP contribution is -2.34. The molecule has 0 spiro atoms. The standard InChI is InChI=1S/C20H43NO.ClH/c1-3-5-6-7-8-9-10-11-12-13-14-15-16-18-20(22)19(21)17-4-2;/h19-20,22H,3-18,21H2,1-2H3;1H. The molecule has 0 aromatic heterocycles. The number of unbranched alkanes of at least 4 members (excludes halogenated alkanes) is 12. The smallest absolute Gasteiger partial charge is 0.0691 e. The Morgan fingerprint density at radius 1 is 0.609 bits per heavy atom. The first-order valence-corrected chi connectivity index (χ1v) is 10.2. The van der Waals surface area contributed by atoms with Crippen LogP contribution in [-0.2, 0) is 0 Å². The van der Waals surface area contributed by atoms with Crippen LogP contribution < -0.4 is 5.73 Å². The predicted molar refractivity (Wildman–Crippen MR) is 106 cm³/mol. The van der Waals surface area contributed by atoms with E-state index in [0.717, 1.165) is 25.7 Å². The molecule has 0 aliphatic rings. The average Bonchev–Trinajstić information content (AvgIpc) is 2.51. The molecule has 0 aromatic carbocycles. The molecule has 0 rings (SSSR count). The molecule has 0 saturated heterocycles. The van der Waals surface area contributed by atoms with Gasteiger partial charge in [-0.25, -0.2) is 0 Å². The molecular formula is C20H44ClNO. The summed E-state index contributed by atoms with van der Waals surface area (Å²) in [6.07, 6.45) is 20.5. The van der Waals surface area contributed by atoms with Crippen LogP contribution >= 0.6 is 12.4 Å². The molecule has 142 valence electrons. The fourth-order valence-corrected chi connectivity index (χ4v) is 3.11. The highest BCUT2D eigenvalue weighted by molar-refractivity contribution is 5.85. The van der Waals surface area contributed by atoms with Gasteiger partial charge in [0.15, 0.2) is 0 Å². The quantitative estimate of drug-likeness (QED) is 0.299. The monoisotopic (exact) mass is 349 g/mol. The normalized spacial score (nSPS) is 13.6. The van der Waals surface area contributed by atoms with E-state index < -0.39 is 0 Å². The first-order chi connectivity index (χ1) is 10.7. The summed E-state index contributed by atoms with van der Waals surface area (Å²) in [7, 11) is 0. The van der Waals surface area contributed by atoms with Crippen LogP contribution in [0.15, 0.2) is 0 Å². The van der Waals surface area contributed by atoms with Gasteiger partial charge in [0, 0.05) is 6.04 Å². The van der Waals surface area contributed by atoms with E-state index in [4.69, 9.17) is 5.73 Å². The zero-order chi connectivity index (χ0) is 16.5. The molecular weight excluding hydrogens is 306 g/mol. The highest BCUT2D eigenvalue weighted by Gasteiger charge is 2.12. The van der Waals surface area contributed by atoms with Crippen molar-refractivity contribution in [3.8, 4) is 0 Å². The number of nitrogens with two attached hydrogens (primary N) is 1. The Morgan fingerprint density at radius 3 is 1.39 bits per heavy atom. The lowest BCUT2D eigenvalue weighted by molar-refractivity contribution is 0.127. The van der Waals surface area contributed by atoms with E-state index in [2.05, 4.69) is 13.8 Å². The van der Waals surface area contributed by atoms with Gasteiger partial charge in [0.2, 0.25) is 0 Å². The van der Waals surface area contributed by atoms with Crippen molar-refractivity contribution >= 4 is 12.4 Å². The summed E-state index contributed by atoms with van der Waals surface area (Å²) in [5.74, 6) is 0. The van der Waals surface area contributed by atoms with Gasteiger partial charge >= 0.3 is 0 Å². The lowest BCUT2D eigenvalue weighted by Gasteiger charge is -2.17. The van der Waals surface area contributed by atoms with Crippen molar-refractivity contribution < 1.29 is 5.11 Å². The molecule has 0 heterocycles. The van der Waals surface area contributed by atoms with Gasteiger partial charge < -0.3 is 10.8 Å². The molecule has 2 atom stereocenters. The van der Waals surface area contributed by atoms with Gasteiger partial charge in [0.1, 0.15) is 0 Å². The first-order valence-electron chi connectivity index (χ1n) is 10.2. The summed E-state index contributed by atoms with van der Waals surface area (Å²) in [6.45, 7) is 4.40. The van der Waals surface area contributed by atoms with Crippen molar-refractivity contribution in [1.29, 1.82) is 0 Å². The first kappa shape index (κ1) is 25.5. The Morgan fingerprint density at radius 2 is 1.00 bits per heavy atom. The number of hydrogen-bond acceptors (Lipinski definition) is 2. The molecule has 2 unspecified atom stereocenters. The number of aliphatic hydroxyl groups is 1. The highest BCUT2D eigenvalue weighted by atomic mass is 35.5. The summed E-state index contributed by atoms with van der Waals surface area (Å²) in [5.41, 5.74) is 5.92. The van der Waals surface area contributed by atoms with E-state index in [0.29, 0.717) is 0 Å². The zero-order valence-electron chi connectivity index (χ0n) is 15.9. The number of hydrogen-bond donors (Lipinski definition) is 2. The maximum absolute atomic E-state index is 9.90. The molecule has 0 aromatic rings. The molecule has 0 saturated carbocycles. The number of halogens is 1. The fourth-order valence-electron chi connectivity index (χ4n) is 3.11. The summed E-state index contributed by atoms with van der Waals surface area (Å²) in [5, 5.41) is 9.90. The van der Waals surface area contributed by atoms with Gasteiger partial charge in [-0.05, 0) is 12.8 Å². The predicted octanol–water partition coefficient (Wildman–Crippen LogP) is 6.38. The van der Waals surface area contributed by atoms with Crippen LogP contribution in [0.2, 0.25) is 0 Å². The molecule has 0 aliphatic carbocycles. The number of aliphatic hydroxyl groups excluding tert-OH is 1. The molecule has 23 heavy (non-hydrogen) atoms.